The molecule has 1 aromatic rings. The summed E-state index contributed by atoms with van der Waals surface area (Å²) in [5, 5.41) is 3.48. The Balaban J connectivity index is 2.06. The van der Waals surface area contributed by atoms with Crippen molar-refractivity contribution in [1.82, 2.24) is 10.2 Å². The lowest BCUT2D eigenvalue weighted by atomic mass is 10.0. The largest absolute Gasteiger partial charge is 0.416 e. The van der Waals surface area contributed by atoms with Gasteiger partial charge in [0.05, 0.1) is 5.56 Å². The summed E-state index contributed by atoms with van der Waals surface area (Å²) < 4.78 is 39.1. The third kappa shape index (κ3) is 4.71. The van der Waals surface area contributed by atoms with Crippen LogP contribution in [0.5, 0.6) is 0 Å². The molecule has 1 aromatic carbocycles. The zero-order valence-electron chi connectivity index (χ0n) is 12.4. The summed E-state index contributed by atoms with van der Waals surface area (Å²) in [7, 11) is 0. The normalized spacial score (nSPS) is 21.8. The predicted octanol–water partition coefficient (Wildman–Crippen LogP) is 3.67. The van der Waals surface area contributed by atoms with Crippen molar-refractivity contribution in [2.75, 3.05) is 19.6 Å². The monoisotopic (exact) mass is 300 g/mol. The van der Waals surface area contributed by atoms with Crippen molar-refractivity contribution in [1.29, 1.82) is 0 Å². The number of alkyl halides is 3. The highest BCUT2D eigenvalue weighted by Crippen LogP contribution is 2.32. The molecule has 0 aliphatic carbocycles. The van der Waals surface area contributed by atoms with Crippen molar-refractivity contribution in [2.45, 2.75) is 44.9 Å². The molecule has 1 aliphatic rings. The number of nitrogens with one attached hydrogen (secondary N) is 1. The second-order valence-corrected chi connectivity index (χ2v) is 5.63. The van der Waals surface area contributed by atoms with Gasteiger partial charge in [0.15, 0.2) is 0 Å². The van der Waals surface area contributed by atoms with Gasteiger partial charge in [0.2, 0.25) is 0 Å². The fourth-order valence-corrected chi connectivity index (χ4v) is 2.84. The summed E-state index contributed by atoms with van der Waals surface area (Å²) >= 11 is 0. The smallest absolute Gasteiger partial charge is 0.314 e. The Morgan fingerprint density at radius 3 is 2.71 bits per heavy atom. The molecule has 2 rings (SSSR count). The van der Waals surface area contributed by atoms with Gasteiger partial charge < -0.3 is 5.32 Å². The Labute approximate surface area is 124 Å². The van der Waals surface area contributed by atoms with Gasteiger partial charge in [-0.2, -0.15) is 13.2 Å². The Bertz CT molecular complexity index is 445. The van der Waals surface area contributed by atoms with Crippen LogP contribution in [0.1, 0.15) is 37.3 Å². The highest BCUT2D eigenvalue weighted by Gasteiger charge is 2.33. The van der Waals surface area contributed by atoms with E-state index in [1.807, 2.05) is 0 Å². The minimum absolute atomic E-state index is 0.381. The topological polar surface area (TPSA) is 15.3 Å². The van der Waals surface area contributed by atoms with Gasteiger partial charge in [-0.25, -0.2) is 0 Å². The molecule has 1 N–H and O–H groups in total. The van der Waals surface area contributed by atoms with Gasteiger partial charge in [-0.15, -0.1) is 0 Å². The molecule has 2 nitrogen and oxygen atoms in total. The number of nitrogens with zero attached hydrogens (tertiary/aromatic N) is 1. The SMILES string of the molecule is CCC1CCN(Cc2ccccc2C(F)(F)F)CCCN1. The molecular weight excluding hydrogens is 277 g/mol. The van der Waals surface area contributed by atoms with Crippen molar-refractivity contribution in [3.63, 3.8) is 0 Å². The van der Waals surface area contributed by atoms with E-state index >= 15 is 0 Å². The molecule has 0 amide bonds. The van der Waals surface area contributed by atoms with E-state index in [-0.39, 0.29) is 0 Å². The zero-order valence-corrected chi connectivity index (χ0v) is 12.4. The van der Waals surface area contributed by atoms with E-state index in [4.69, 9.17) is 0 Å². The Morgan fingerprint density at radius 2 is 2.00 bits per heavy atom. The maximum Gasteiger partial charge on any atom is 0.416 e. The third-order valence-corrected chi connectivity index (χ3v) is 4.09. The van der Waals surface area contributed by atoms with Crippen molar-refractivity contribution in [3.05, 3.63) is 35.4 Å². The second-order valence-electron chi connectivity index (χ2n) is 5.63. The van der Waals surface area contributed by atoms with Gasteiger partial charge in [-0.05, 0) is 50.5 Å². The van der Waals surface area contributed by atoms with Gasteiger partial charge in [0.1, 0.15) is 0 Å². The van der Waals surface area contributed by atoms with E-state index in [0.717, 1.165) is 38.9 Å². The van der Waals surface area contributed by atoms with Crippen molar-refractivity contribution in [2.24, 2.45) is 0 Å². The Morgan fingerprint density at radius 1 is 1.24 bits per heavy atom. The van der Waals surface area contributed by atoms with Gasteiger partial charge in [0.25, 0.3) is 0 Å². The fourth-order valence-electron chi connectivity index (χ4n) is 2.84. The maximum absolute atomic E-state index is 13.0. The van der Waals surface area contributed by atoms with Crippen LogP contribution < -0.4 is 5.32 Å². The van der Waals surface area contributed by atoms with Crippen LogP contribution in [0.15, 0.2) is 24.3 Å². The lowest BCUT2D eigenvalue weighted by Gasteiger charge is -2.29. The Hall–Kier alpha value is -1.07. The van der Waals surface area contributed by atoms with E-state index in [1.165, 1.54) is 12.1 Å². The molecule has 0 aromatic heterocycles. The highest BCUT2D eigenvalue weighted by atomic mass is 19.4. The van der Waals surface area contributed by atoms with Crippen molar-refractivity contribution >= 4 is 0 Å². The second kappa shape index (κ2) is 7.27. The maximum atomic E-state index is 13.0. The molecule has 0 radical (unpaired) electrons. The molecule has 0 saturated carbocycles. The number of benzene rings is 1. The summed E-state index contributed by atoms with van der Waals surface area (Å²) in [5.74, 6) is 0. The van der Waals surface area contributed by atoms with Crippen molar-refractivity contribution < 1.29 is 13.2 Å². The fraction of sp³-hybridized carbons (Fsp3) is 0.625. The summed E-state index contributed by atoms with van der Waals surface area (Å²) in [6.07, 6.45) is -1.24. The number of hydrogen-bond donors (Lipinski definition) is 1. The highest BCUT2D eigenvalue weighted by molar-refractivity contribution is 5.29. The molecule has 1 aliphatic heterocycles. The van der Waals surface area contributed by atoms with E-state index in [9.17, 15) is 13.2 Å². The van der Waals surface area contributed by atoms with Gasteiger partial charge >= 0.3 is 6.18 Å². The summed E-state index contributed by atoms with van der Waals surface area (Å²) in [6.45, 7) is 5.15. The van der Waals surface area contributed by atoms with Crippen LogP contribution in [0.4, 0.5) is 13.2 Å². The van der Waals surface area contributed by atoms with Gasteiger partial charge in [-0.1, -0.05) is 25.1 Å². The number of halogens is 3. The molecular formula is C16H23F3N2. The molecule has 0 bridgehead atoms. The molecule has 1 heterocycles. The molecule has 1 unspecified atom stereocenters. The minimum Gasteiger partial charge on any atom is -0.314 e. The van der Waals surface area contributed by atoms with Crippen LogP contribution in [-0.4, -0.2) is 30.6 Å². The minimum atomic E-state index is -4.27. The molecule has 1 atom stereocenters. The van der Waals surface area contributed by atoms with Crippen LogP contribution in [0, 0.1) is 0 Å². The van der Waals surface area contributed by atoms with Gasteiger partial charge in [-0.3, -0.25) is 4.90 Å². The third-order valence-electron chi connectivity index (χ3n) is 4.09. The molecule has 5 heteroatoms. The molecule has 21 heavy (non-hydrogen) atoms. The zero-order chi connectivity index (χ0) is 15.3. The summed E-state index contributed by atoms with van der Waals surface area (Å²) in [6, 6.07) is 6.39. The summed E-state index contributed by atoms with van der Waals surface area (Å²) in [5.41, 5.74) is -0.121. The quantitative estimate of drug-likeness (QED) is 0.916. The number of hydrogen-bond acceptors (Lipinski definition) is 2. The molecule has 0 spiro atoms. The summed E-state index contributed by atoms with van der Waals surface area (Å²) in [4.78, 5) is 2.15. The van der Waals surface area contributed by atoms with Crippen molar-refractivity contribution in [3.8, 4) is 0 Å². The Kier molecular flexibility index (Phi) is 5.65. The van der Waals surface area contributed by atoms with Crippen LogP contribution in [0.25, 0.3) is 0 Å². The average Bonchev–Trinajstić information content (AvgIpc) is 2.42. The lowest BCUT2D eigenvalue weighted by molar-refractivity contribution is -0.138. The molecule has 1 fully saturated rings. The van der Waals surface area contributed by atoms with E-state index < -0.39 is 11.7 Å². The van der Waals surface area contributed by atoms with Crippen LogP contribution in [0.2, 0.25) is 0 Å². The van der Waals surface area contributed by atoms with Crippen LogP contribution >= 0.6 is 0 Å². The first-order chi connectivity index (χ1) is 10.0. The molecule has 1 saturated heterocycles. The van der Waals surface area contributed by atoms with E-state index in [1.54, 1.807) is 12.1 Å². The number of rotatable bonds is 3. The first-order valence-electron chi connectivity index (χ1n) is 7.61. The average molecular weight is 300 g/mol. The standard InChI is InChI=1S/C16H23F3N2/c1-2-14-8-11-21(10-5-9-20-14)12-13-6-3-4-7-15(13)16(17,18)19/h3-4,6-7,14,20H,2,5,8-12H2,1H3. The van der Waals surface area contributed by atoms with E-state index in [2.05, 4.69) is 17.1 Å². The predicted molar refractivity (Wildman–Crippen MR) is 78.0 cm³/mol. The first-order valence-corrected chi connectivity index (χ1v) is 7.61. The van der Waals surface area contributed by atoms with Crippen LogP contribution in [-0.2, 0) is 12.7 Å². The first kappa shape index (κ1) is 16.3. The van der Waals surface area contributed by atoms with Gasteiger partial charge in [0, 0.05) is 12.6 Å². The molecule has 118 valence electrons. The van der Waals surface area contributed by atoms with E-state index in [0.29, 0.717) is 18.2 Å². The van der Waals surface area contributed by atoms with Crippen LogP contribution in [0.3, 0.4) is 0 Å². The lowest BCUT2D eigenvalue weighted by Crippen LogP contribution is -2.39.